The third kappa shape index (κ3) is 6.44. The fourth-order valence-corrected chi connectivity index (χ4v) is 2.97. The molecule has 0 spiro atoms. The number of nitrogens with zero attached hydrogens (tertiary/aromatic N) is 1. The van der Waals surface area contributed by atoms with E-state index in [4.69, 9.17) is 10.5 Å². The minimum absolute atomic E-state index is 0.00373. The highest BCUT2D eigenvalue weighted by molar-refractivity contribution is 5.78. The van der Waals surface area contributed by atoms with E-state index in [0.717, 1.165) is 12.8 Å². The van der Waals surface area contributed by atoms with Crippen LogP contribution < -0.4 is 11.1 Å². The third-order valence-corrected chi connectivity index (χ3v) is 4.07. The smallest absolute Gasteiger partial charge is 0.305 e. The minimum Gasteiger partial charge on any atom is -0.466 e. The Bertz CT molecular complexity index is 336. The molecule has 1 saturated carbocycles. The zero-order valence-corrected chi connectivity index (χ0v) is 13.3. The van der Waals surface area contributed by atoms with Gasteiger partial charge < -0.3 is 15.8 Å². The fourth-order valence-electron chi connectivity index (χ4n) is 2.97. The van der Waals surface area contributed by atoms with Gasteiger partial charge in [-0.2, -0.15) is 0 Å². The first-order valence-electron chi connectivity index (χ1n) is 7.91. The molecule has 0 bridgehead atoms. The van der Waals surface area contributed by atoms with Gasteiger partial charge in [-0.3, -0.25) is 14.5 Å². The molecule has 0 aliphatic heterocycles. The molecular formula is C15H29N3O3. The number of nitrogens with two attached hydrogens (primary N) is 1. The van der Waals surface area contributed by atoms with E-state index >= 15 is 0 Å². The van der Waals surface area contributed by atoms with Gasteiger partial charge in [-0.15, -0.1) is 0 Å². The van der Waals surface area contributed by atoms with E-state index < -0.39 is 0 Å². The Hall–Kier alpha value is -1.14. The highest BCUT2D eigenvalue weighted by Crippen LogP contribution is 2.28. The fraction of sp³-hybridized carbons (Fsp3) is 0.867. The second-order valence-corrected chi connectivity index (χ2v) is 5.67. The Balaban J connectivity index is 2.17. The first kappa shape index (κ1) is 17.9. The number of hydrogen-bond donors (Lipinski definition) is 2. The van der Waals surface area contributed by atoms with Gasteiger partial charge in [-0.1, -0.05) is 6.42 Å². The summed E-state index contributed by atoms with van der Waals surface area (Å²) in [5, 5.41) is 2.85. The Labute approximate surface area is 127 Å². The molecule has 1 aliphatic carbocycles. The molecule has 6 nitrogen and oxygen atoms in total. The Kier molecular flexibility index (Phi) is 8.30. The molecule has 21 heavy (non-hydrogen) atoms. The van der Waals surface area contributed by atoms with Gasteiger partial charge in [0, 0.05) is 19.0 Å². The summed E-state index contributed by atoms with van der Waals surface area (Å²) in [6.45, 7) is 3.78. The van der Waals surface area contributed by atoms with Crippen LogP contribution in [-0.2, 0) is 14.3 Å². The van der Waals surface area contributed by atoms with E-state index in [0.29, 0.717) is 51.0 Å². The molecule has 122 valence electrons. The second kappa shape index (κ2) is 9.73. The van der Waals surface area contributed by atoms with Gasteiger partial charge in [0.2, 0.25) is 5.91 Å². The molecule has 1 rings (SSSR count). The first-order valence-corrected chi connectivity index (χ1v) is 7.91. The van der Waals surface area contributed by atoms with E-state index in [2.05, 4.69) is 10.2 Å². The van der Waals surface area contributed by atoms with Crippen LogP contribution in [0, 0.1) is 5.92 Å². The normalized spacial score (nSPS) is 21.5. The van der Waals surface area contributed by atoms with Gasteiger partial charge >= 0.3 is 5.97 Å². The number of carbonyl (C=O) groups is 2. The monoisotopic (exact) mass is 299 g/mol. The van der Waals surface area contributed by atoms with Crippen LogP contribution in [-0.4, -0.2) is 56.1 Å². The zero-order chi connectivity index (χ0) is 15.7. The van der Waals surface area contributed by atoms with Crippen molar-refractivity contribution in [3.8, 4) is 0 Å². The molecule has 2 unspecified atom stereocenters. The van der Waals surface area contributed by atoms with Crippen molar-refractivity contribution in [2.24, 2.45) is 11.7 Å². The highest BCUT2D eigenvalue weighted by Gasteiger charge is 2.29. The van der Waals surface area contributed by atoms with Gasteiger partial charge in [0.15, 0.2) is 0 Å². The van der Waals surface area contributed by atoms with E-state index in [1.165, 1.54) is 6.42 Å². The average Bonchev–Trinajstić information content (AvgIpc) is 2.92. The summed E-state index contributed by atoms with van der Waals surface area (Å²) >= 11 is 0. The van der Waals surface area contributed by atoms with Gasteiger partial charge in [0.25, 0.3) is 0 Å². The van der Waals surface area contributed by atoms with Crippen LogP contribution in [0.5, 0.6) is 0 Å². The maximum Gasteiger partial charge on any atom is 0.305 e. The molecule has 6 heteroatoms. The molecule has 0 heterocycles. The van der Waals surface area contributed by atoms with Crippen molar-refractivity contribution in [1.82, 2.24) is 10.2 Å². The largest absolute Gasteiger partial charge is 0.466 e. The molecule has 0 saturated heterocycles. The van der Waals surface area contributed by atoms with Crippen molar-refractivity contribution >= 4 is 11.9 Å². The standard InChI is InChI=1S/C15H29N3O3/c1-3-21-15(20)8-5-9-17-14(19)11-18(2)13-7-4-6-12(13)10-16/h12-13H,3-11,16H2,1-2H3,(H,17,19). The van der Waals surface area contributed by atoms with E-state index in [9.17, 15) is 9.59 Å². The first-order chi connectivity index (χ1) is 10.1. The van der Waals surface area contributed by atoms with Crippen LogP contribution in [0.2, 0.25) is 0 Å². The molecule has 2 atom stereocenters. The predicted octanol–water partition coefficient (Wildman–Crippen LogP) is 0.505. The van der Waals surface area contributed by atoms with Gasteiger partial charge in [0.05, 0.1) is 13.2 Å². The quantitative estimate of drug-likeness (QED) is 0.478. The lowest BCUT2D eigenvalue weighted by molar-refractivity contribution is -0.143. The van der Waals surface area contributed by atoms with Gasteiger partial charge in [-0.05, 0) is 45.7 Å². The van der Waals surface area contributed by atoms with Crippen LogP contribution in [0.4, 0.5) is 0 Å². The highest BCUT2D eigenvalue weighted by atomic mass is 16.5. The molecular weight excluding hydrogens is 270 g/mol. The van der Waals surface area contributed by atoms with Crippen molar-refractivity contribution < 1.29 is 14.3 Å². The van der Waals surface area contributed by atoms with Crippen LogP contribution in [0.3, 0.4) is 0 Å². The maximum atomic E-state index is 11.9. The molecule has 0 aromatic heterocycles. The van der Waals surface area contributed by atoms with Gasteiger partial charge in [-0.25, -0.2) is 0 Å². The maximum absolute atomic E-state index is 11.9. The van der Waals surface area contributed by atoms with Crippen LogP contribution in [0.25, 0.3) is 0 Å². The number of ether oxygens (including phenoxy) is 1. The number of amides is 1. The molecule has 0 aromatic rings. The van der Waals surface area contributed by atoms with Crippen molar-refractivity contribution in [1.29, 1.82) is 0 Å². The topological polar surface area (TPSA) is 84.7 Å². The van der Waals surface area contributed by atoms with Gasteiger partial charge in [0.1, 0.15) is 0 Å². The Morgan fingerprint density at radius 3 is 2.81 bits per heavy atom. The summed E-state index contributed by atoms with van der Waals surface area (Å²) < 4.78 is 4.83. The number of carbonyl (C=O) groups excluding carboxylic acids is 2. The van der Waals surface area contributed by atoms with E-state index in [1.54, 1.807) is 6.92 Å². The summed E-state index contributed by atoms with van der Waals surface area (Å²) in [7, 11) is 1.98. The SMILES string of the molecule is CCOC(=O)CCCNC(=O)CN(C)C1CCCC1CN. The number of rotatable bonds is 9. The van der Waals surface area contributed by atoms with Crippen LogP contribution in [0.15, 0.2) is 0 Å². The second-order valence-electron chi connectivity index (χ2n) is 5.67. The molecule has 3 N–H and O–H groups in total. The number of hydrogen-bond acceptors (Lipinski definition) is 5. The summed E-state index contributed by atoms with van der Waals surface area (Å²) in [6.07, 6.45) is 4.43. The van der Waals surface area contributed by atoms with Crippen molar-refractivity contribution in [3.05, 3.63) is 0 Å². The number of esters is 1. The Morgan fingerprint density at radius 1 is 1.38 bits per heavy atom. The molecule has 1 amide bonds. The molecule has 0 aromatic carbocycles. The summed E-state index contributed by atoms with van der Waals surface area (Å²) in [6, 6.07) is 0.417. The third-order valence-electron chi connectivity index (χ3n) is 4.07. The van der Waals surface area contributed by atoms with Crippen LogP contribution >= 0.6 is 0 Å². The van der Waals surface area contributed by atoms with Crippen molar-refractivity contribution in [2.75, 3.05) is 33.3 Å². The van der Waals surface area contributed by atoms with Crippen LogP contribution in [0.1, 0.15) is 39.0 Å². The summed E-state index contributed by atoms with van der Waals surface area (Å²) in [5.74, 6) is 0.302. The lowest BCUT2D eigenvalue weighted by atomic mass is 10.0. The lowest BCUT2D eigenvalue weighted by Gasteiger charge is -2.28. The average molecular weight is 299 g/mol. The zero-order valence-electron chi connectivity index (χ0n) is 13.3. The molecule has 0 radical (unpaired) electrons. The lowest BCUT2D eigenvalue weighted by Crippen LogP contribution is -2.43. The van der Waals surface area contributed by atoms with Crippen molar-refractivity contribution in [3.63, 3.8) is 0 Å². The number of likely N-dealkylation sites (N-methyl/N-ethyl adjacent to an activating group) is 1. The Morgan fingerprint density at radius 2 is 2.14 bits per heavy atom. The minimum atomic E-state index is -0.208. The van der Waals surface area contributed by atoms with Crippen molar-refractivity contribution in [2.45, 2.75) is 45.1 Å². The molecule has 1 aliphatic rings. The summed E-state index contributed by atoms with van der Waals surface area (Å²) in [4.78, 5) is 25.1. The van der Waals surface area contributed by atoms with E-state index in [-0.39, 0.29) is 11.9 Å². The molecule has 1 fully saturated rings. The summed E-state index contributed by atoms with van der Waals surface area (Å²) in [5.41, 5.74) is 5.77. The number of nitrogens with one attached hydrogen (secondary N) is 1. The predicted molar refractivity (Wildman–Crippen MR) is 81.7 cm³/mol. The van der Waals surface area contributed by atoms with E-state index in [1.807, 2.05) is 7.05 Å².